The molecule has 1 aromatic carbocycles. The smallest absolute Gasteiger partial charge is 0.341 e. The molecule has 7 heteroatoms. The van der Waals surface area contributed by atoms with Crippen molar-refractivity contribution in [3.8, 4) is 0 Å². The number of benzene rings is 1. The standard InChI is InChI=1S/C17H22N4O3/c1-4-5-6-9-21-11-14(17(23)24)16(22)13-8-7-12(10-15(13)21)18-19-20(2)3/h7-8,10-11H,4-6,9H2,1-3H3,(H,23,24)/b19-18+. The van der Waals surface area contributed by atoms with Crippen molar-refractivity contribution < 1.29 is 9.90 Å². The molecule has 0 aliphatic heterocycles. The Labute approximate surface area is 140 Å². The van der Waals surface area contributed by atoms with Crippen LogP contribution >= 0.6 is 0 Å². The number of rotatable bonds is 7. The number of nitrogens with zero attached hydrogens (tertiary/aromatic N) is 4. The second-order valence-corrected chi connectivity index (χ2v) is 5.82. The molecule has 0 aliphatic rings. The van der Waals surface area contributed by atoms with E-state index in [2.05, 4.69) is 17.3 Å². The highest BCUT2D eigenvalue weighted by atomic mass is 16.4. The van der Waals surface area contributed by atoms with Crippen molar-refractivity contribution in [3.05, 3.63) is 40.2 Å². The highest BCUT2D eigenvalue weighted by Crippen LogP contribution is 2.21. The summed E-state index contributed by atoms with van der Waals surface area (Å²) in [6.07, 6.45) is 4.44. The summed E-state index contributed by atoms with van der Waals surface area (Å²) < 4.78 is 1.82. The third kappa shape index (κ3) is 3.98. The van der Waals surface area contributed by atoms with Gasteiger partial charge >= 0.3 is 5.97 Å². The van der Waals surface area contributed by atoms with Gasteiger partial charge in [-0.1, -0.05) is 25.0 Å². The molecule has 24 heavy (non-hydrogen) atoms. The van der Waals surface area contributed by atoms with E-state index in [0.717, 1.165) is 19.3 Å². The highest BCUT2D eigenvalue weighted by molar-refractivity contribution is 5.93. The third-order valence-corrected chi connectivity index (χ3v) is 3.64. The van der Waals surface area contributed by atoms with Gasteiger partial charge in [-0.2, -0.15) is 0 Å². The van der Waals surface area contributed by atoms with Crippen LogP contribution in [0.3, 0.4) is 0 Å². The van der Waals surface area contributed by atoms with E-state index in [9.17, 15) is 14.7 Å². The Morgan fingerprint density at radius 3 is 2.67 bits per heavy atom. The SMILES string of the molecule is CCCCCn1cc(C(=O)O)c(=O)c2ccc(/N=N/N(C)C)cc21. The van der Waals surface area contributed by atoms with E-state index in [1.807, 2.05) is 4.57 Å². The van der Waals surface area contributed by atoms with Gasteiger partial charge in [0.15, 0.2) is 0 Å². The molecule has 0 amide bonds. The minimum Gasteiger partial charge on any atom is -0.477 e. The van der Waals surface area contributed by atoms with Gasteiger partial charge in [-0.25, -0.2) is 4.79 Å². The van der Waals surface area contributed by atoms with Gasteiger partial charge in [-0.05, 0) is 24.6 Å². The van der Waals surface area contributed by atoms with Crippen LogP contribution in [0, 0.1) is 0 Å². The lowest BCUT2D eigenvalue weighted by Gasteiger charge is -2.12. The number of carboxylic acid groups (broad SMARTS) is 1. The van der Waals surface area contributed by atoms with Crippen LogP contribution in [0.15, 0.2) is 39.5 Å². The van der Waals surface area contributed by atoms with Crippen LogP contribution in [0.4, 0.5) is 5.69 Å². The van der Waals surface area contributed by atoms with Gasteiger partial charge in [0.05, 0.1) is 11.2 Å². The zero-order chi connectivity index (χ0) is 17.7. The summed E-state index contributed by atoms with van der Waals surface area (Å²) in [5.41, 5.74) is 0.612. The van der Waals surface area contributed by atoms with Crippen LogP contribution in [0.1, 0.15) is 36.5 Å². The van der Waals surface area contributed by atoms with Crippen molar-refractivity contribution in [3.63, 3.8) is 0 Å². The number of aryl methyl sites for hydroxylation is 1. The number of carbonyl (C=O) groups is 1. The van der Waals surface area contributed by atoms with Crippen LogP contribution in [-0.4, -0.2) is 34.7 Å². The molecule has 0 fully saturated rings. The summed E-state index contributed by atoms with van der Waals surface area (Å²) in [6.45, 7) is 2.76. The molecule has 128 valence electrons. The Morgan fingerprint density at radius 1 is 1.29 bits per heavy atom. The van der Waals surface area contributed by atoms with Crippen molar-refractivity contribution in [2.24, 2.45) is 10.3 Å². The quantitative estimate of drug-likeness (QED) is 0.478. The number of pyridine rings is 1. The molecule has 1 heterocycles. The lowest BCUT2D eigenvalue weighted by molar-refractivity contribution is 0.0695. The Kier molecular flexibility index (Phi) is 5.68. The monoisotopic (exact) mass is 330 g/mol. The first-order valence-corrected chi connectivity index (χ1v) is 7.93. The maximum atomic E-state index is 12.4. The Morgan fingerprint density at radius 2 is 2.04 bits per heavy atom. The fraction of sp³-hybridized carbons (Fsp3) is 0.412. The van der Waals surface area contributed by atoms with E-state index in [-0.39, 0.29) is 5.56 Å². The number of carboxylic acids is 1. The molecule has 0 atom stereocenters. The predicted octanol–water partition coefficient (Wildman–Crippen LogP) is 3.45. The van der Waals surface area contributed by atoms with E-state index in [0.29, 0.717) is 23.1 Å². The normalized spacial score (nSPS) is 11.3. The summed E-state index contributed by atoms with van der Waals surface area (Å²) in [6, 6.07) is 5.05. The molecule has 1 aromatic heterocycles. The average molecular weight is 330 g/mol. The van der Waals surface area contributed by atoms with Crippen LogP contribution in [0.2, 0.25) is 0 Å². The van der Waals surface area contributed by atoms with Gasteiger partial charge in [0.2, 0.25) is 5.43 Å². The Hall–Kier alpha value is -2.70. The van der Waals surface area contributed by atoms with Gasteiger partial charge in [-0.15, -0.1) is 5.11 Å². The molecule has 0 radical (unpaired) electrons. The Bertz CT molecular complexity index is 824. The van der Waals surface area contributed by atoms with Gasteiger partial charge in [0, 0.05) is 32.2 Å². The second-order valence-electron chi connectivity index (χ2n) is 5.82. The molecule has 0 bridgehead atoms. The average Bonchev–Trinajstić information content (AvgIpc) is 2.54. The molecule has 0 saturated heterocycles. The molecule has 0 saturated carbocycles. The number of aromatic carboxylic acids is 1. The van der Waals surface area contributed by atoms with Gasteiger partial charge in [0.25, 0.3) is 0 Å². The fourth-order valence-electron chi connectivity index (χ4n) is 2.45. The lowest BCUT2D eigenvalue weighted by Crippen LogP contribution is -2.19. The molecule has 7 nitrogen and oxygen atoms in total. The first-order valence-electron chi connectivity index (χ1n) is 7.93. The maximum Gasteiger partial charge on any atom is 0.341 e. The zero-order valence-corrected chi connectivity index (χ0v) is 14.2. The first-order chi connectivity index (χ1) is 11.4. The highest BCUT2D eigenvalue weighted by Gasteiger charge is 2.14. The van der Waals surface area contributed by atoms with Crippen molar-refractivity contribution >= 4 is 22.6 Å². The molecule has 0 aliphatic carbocycles. The van der Waals surface area contributed by atoms with Crippen LogP contribution in [-0.2, 0) is 6.54 Å². The van der Waals surface area contributed by atoms with Crippen LogP contribution in [0.5, 0.6) is 0 Å². The van der Waals surface area contributed by atoms with E-state index in [1.54, 1.807) is 37.3 Å². The summed E-state index contributed by atoms with van der Waals surface area (Å²) in [7, 11) is 3.54. The van der Waals surface area contributed by atoms with E-state index >= 15 is 0 Å². The largest absolute Gasteiger partial charge is 0.477 e. The third-order valence-electron chi connectivity index (χ3n) is 3.64. The van der Waals surface area contributed by atoms with Crippen molar-refractivity contribution in [2.45, 2.75) is 32.7 Å². The molecule has 2 rings (SSSR count). The molecule has 0 unspecified atom stereocenters. The van der Waals surface area contributed by atoms with Crippen molar-refractivity contribution in [1.29, 1.82) is 0 Å². The number of aromatic nitrogens is 1. The Balaban J connectivity index is 2.59. The number of hydrogen-bond donors (Lipinski definition) is 1. The van der Waals surface area contributed by atoms with Crippen LogP contribution in [0.25, 0.3) is 10.9 Å². The summed E-state index contributed by atoms with van der Waals surface area (Å²) in [5.74, 6) is -1.21. The molecule has 0 spiro atoms. The molecule has 2 aromatic rings. The predicted molar refractivity (Wildman–Crippen MR) is 92.9 cm³/mol. The fourth-order valence-corrected chi connectivity index (χ4v) is 2.45. The van der Waals surface area contributed by atoms with Crippen molar-refractivity contribution in [2.75, 3.05) is 14.1 Å². The summed E-state index contributed by atoms with van der Waals surface area (Å²) in [5, 5.41) is 19.3. The van der Waals surface area contributed by atoms with Crippen molar-refractivity contribution in [1.82, 2.24) is 9.58 Å². The maximum absolute atomic E-state index is 12.4. The molecule has 1 N–H and O–H groups in total. The molecular formula is C17H22N4O3. The minimum atomic E-state index is -1.21. The number of hydrogen-bond acceptors (Lipinski definition) is 4. The van der Waals surface area contributed by atoms with E-state index in [1.165, 1.54) is 6.20 Å². The van der Waals surface area contributed by atoms with E-state index in [4.69, 9.17) is 0 Å². The summed E-state index contributed by atoms with van der Waals surface area (Å²) in [4.78, 5) is 23.7. The second kappa shape index (κ2) is 7.72. The minimum absolute atomic E-state index is 0.207. The van der Waals surface area contributed by atoms with Gasteiger partial charge < -0.3 is 9.67 Å². The summed E-state index contributed by atoms with van der Waals surface area (Å²) >= 11 is 0. The van der Waals surface area contributed by atoms with Gasteiger partial charge in [0.1, 0.15) is 5.56 Å². The van der Waals surface area contributed by atoms with Gasteiger partial charge in [-0.3, -0.25) is 9.80 Å². The van der Waals surface area contributed by atoms with E-state index < -0.39 is 11.4 Å². The zero-order valence-electron chi connectivity index (χ0n) is 14.2. The lowest BCUT2D eigenvalue weighted by atomic mass is 10.1. The van der Waals surface area contributed by atoms with Crippen LogP contribution < -0.4 is 5.43 Å². The number of unbranched alkanes of at least 4 members (excludes halogenated alkanes) is 2. The topological polar surface area (TPSA) is 87.3 Å². The number of fused-ring (bicyclic) bond motifs is 1. The molecular weight excluding hydrogens is 308 g/mol. The first kappa shape index (κ1) is 17.7.